The number of nitrogens with zero attached hydrogens (tertiary/aromatic N) is 2. The van der Waals surface area contributed by atoms with Crippen LogP contribution in [0, 0.1) is 0 Å². The molecular weight excluding hydrogens is 228 g/mol. The number of likely N-dealkylation sites (tertiary alicyclic amines) is 1. The van der Waals surface area contributed by atoms with Crippen LogP contribution < -0.4 is 0 Å². The lowest BCUT2D eigenvalue weighted by molar-refractivity contribution is -0.133. The molecule has 4 nitrogen and oxygen atoms in total. The van der Waals surface area contributed by atoms with Gasteiger partial charge in [0.1, 0.15) is 0 Å². The molecule has 4 heteroatoms. The van der Waals surface area contributed by atoms with Crippen LogP contribution in [0.3, 0.4) is 0 Å². The monoisotopic (exact) mass is 244 g/mol. The minimum absolute atomic E-state index is 0.0498. The smallest absolute Gasteiger partial charge is 0.230 e. The van der Waals surface area contributed by atoms with Crippen molar-refractivity contribution in [2.75, 3.05) is 13.1 Å². The summed E-state index contributed by atoms with van der Waals surface area (Å²) in [5, 5.41) is 11.9. The molecule has 0 spiro atoms. The predicted octanol–water partition coefficient (Wildman–Crippen LogP) is 1.78. The molecule has 2 aliphatic rings. The van der Waals surface area contributed by atoms with Gasteiger partial charge in [0.2, 0.25) is 5.91 Å². The van der Waals surface area contributed by atoms with E-state index in [0.717, 1.165) is 12.1 Å². The first-order valence-electron chi connectivity index (χ1n) is 6.36. The van der Waals surface area contributed by atoms with Gasteiger partial charge in [-0.3, -0.25) is 4.79 Å². The highest BCUT2D eigenvalue weighted by molar-refractivity contribution is 5.90. The Hall–Kier alpha value is -1.84. The van der Waals surface area contributed by atoms with Gasteiger partial charge in [0.05, 0.1) is 11.6 Å². The lowest BCUT2D eigenvalue weighted by atomic mass is 9.76. The van der Waals surface area contributed by atoms with Crippen molar-refractivity contribution in [3.63, 3.8) is 0 Å². The van der Waals surface area contributed by atoms with E-state index in [1.807, 2.05) is 23.1 Å². The molecule has 1 saturated heterocycles. The molecule has 1 atom stereocenters. The third kappa shape index (κ3) is 1.78. The van der Waals surface area contributed by atoms with Crippen molar-refractivity contribution in [2.24, 2.45) is 5.16 Å². The van der Waals surface area contributed by atoms with E-state index in [4.69, 9.17) is 5.21 Å². The maximum absolute atomic E-state index is 12.4. The first-order chi connectivity index (χ1) is 8.79. The number of hydrogen-bond acceptors (Lipinski definition) is 3. The van der Waals surface area contributed by atoms with Crippen molar-refractivity contribution in [3.8, 4) is 0 Å². The second-order valence-electron chi connectivity index (χ2n) is 4.95. The topological polar surface area (TPSA) is 52.9 Å². The Morgan fingerprint density at radius 2 is 2.00 bits per heavy atom. The largest absolute Gasteiger partial charge is 0.411 e. The van der Waals surface area contributed by atoms with E-state index in [2.05, 4.69) is 11.2 Å². The maximum Gasteiger partial charge on any atom is 0.230 e. The van der Waals surface area contributed by atoms with E-state index < -0.39 is 0 Å². The van der Waals surface area contributed by atoms with Gasteiger partial charge in [-0.15, -0.1) is 0 Å². The Bertz CT molecular complexity index is 500. The fraction of sp³-hybridized carbons (Fsp3) is 0.429. The van der Waals surface area contributed by atoms with Crippen molar-refractivity contribution >= 4 is 11.6 Å². The molecule has 0 radical (unpaired) electrons. The molecule has 1 aliphatic carbocycles. The van der Waals surface area contributed by atoms with Crippen molar-refractivity contribution < 1.29 is 10.0 Å². The summed E-state index contributed by atoms with van der Waals surface area (Å²) in [6, 6.07) is 8.15. The Kier molecular flexibility index (Phi) is 2.78. The Morgan fingerprint density at radius 3 is 2.67 bits per heavy atom. The van der Waals surface area contributed by atoms with Crippen LogP contribution in [0.2, 0.25) is 0 Å². The van der Waals surface area contributed by atoms with Crippen molar-refractivity contribution in [3.05, 3.63) is 35.4 Å². The molecule has 1 amide bonds. The van der Waals surface area contributed by atoms with E-state index in [1.54, 1.807) is 0 Å². The van der Waals surface area contributed by atoms with Crippen LogP contribution in [0.15, 0.2) is 29.4 Å². The summed E-state index contributed by atoms with van der Waals surface area (Å²) in [7, 11) is 0. The molecule has 0 saturated carbocycles. The molecule has 1 unspecified atom stereocenters. The van der Waals surface area contributed by atoms with Gasteiger partial charge in [-0.1, -0.05) is 29.4 Å². The molecule has 1 N–H and O–H groups in total. The number of benzene rings is 1. The summed E-state index contributed by atoms with van der Waals surface area (Å²) >= 11 is 0. The number of rotatable bonds is 1. The second kappa shape index (κ2) is 4.44. The maximum atomic E-state index is 12.4. The molecule has 1 fully saturated rings. The Labute approximate surface area is 106 Å². The molecule has 1 aromatic carbocycles. The van der Waals surface area contributed by atoms with Gasteiger partial charge in [-0.25, -0.2) is 0 Å². The number of fused-ring (bicyclic) bond motifs is 1. The standard InChI is InChI=1S/C14H16N2O2/c17-14(16-7-5-11(15-18)6-8-16)13-9-10-3-1-2-4-12(10)13/h1-4,13,18H,5-9H2. The SMILES string of the molecule is O=C(C1Cc2ccccc21)N1CCC(=NO)CC1. The third-order valence-corrected chi connectivity index (χ3v) is 3.95. The van der Waals surface area contributed by atoms with Crippen LogP contribution in [-0.4, -0.2) is 34.8 Å². The zero-order valence-electron chi connectivity index (χ0n) is 10.2. The van der Waals surface area contributed by atoms with Gasteiger partial charge in [0.25, 0.3) is 0 Å². The highest BCUT2D eigenvalue weighted by Crippen LogP contribution is 2.36. The summed E-state index contributed by atoms with van der Waals surface area (Å²) in [5.41, 5.74) is 3.28. The molecule has 18 heavy (non-hydrogen) atoms. The van der Waals surface area contributed by atoms with Crippen LogP contribution in [0.4, 0.5) is 0 Å². The fourth-order valence-electron chi connectivity index (χ4n) is 2.78. The highest BCUT2D eigenvalue weighted by Gasteiger charge is 2.35. The highest BCUT2D eigenvalue weighted by atomic mass is 16.4. The van der Waals surface area contributed by atoms with Crippen LogP contribution in [0.25, 0.3) is 0 Å². The number of carbonyl (C=O) groups excluding carboxylic acids is 1. The van der Waals surface area contributed by atoms with Crippen molar-refractivity contribution in [1.29, 1.82) is 0 Å². The van der Waals surface area contributed by atoms with Gasteiger partial charge in [0, 0.05) is 25.9 Å². The number of amides is 1. The van der Waals surface area contributed by atoms with E-state index in [9.17, 15) is 4.79 Å². The Morgan fingerprint density at radius 1 is 1.28 bits per heavy atom. The summed E-state index contributed by atoms with van der Waals surface area (Å²) in [6.45, 7) is 1.35. The molecule has 1 aromatic rings. The molecule has 0 aromatic heterocycles. The van der Waals surface area contributed by atoms with E-state index in [0.29, 0.717) is 25.9 Å². The van der Waals surface area contributed by atoms with Crippen LogP contribution in [0.5, 0.6) is 0 Å². The van der Waals surface area contributed by atoms with Crippen LogP contribution in [0.1, 0.15) is 29.9 Å². The van der Waals surface area contributed by atoms with Crippen molar-refractivity contribution in [1.82, 2.24) is 4.90 Å². The zero-order chi connectivity index (χ0) is 12.5. The summed E-state index contributed by atoms with van der Waals surface area (Å²) in [5.74, 6) is 0.277. The zero-order valence-corrected chi connectivity index (χ0v) is 10.2. The number of hydrogen-bond donors (Lipinski definition) is 1. The van der Waals surface area contributed by atoms with Crippen molar-refractivity contribution in [2.45, 2.75) is 25.2 Å². The average molecular weight is 244 g/mol. The lowest BCUT2D eigenvalue weighted by Gasteiger charge is -2.35. The molecule has 1 aliphatic heterocycles. The first-order valence-corrected chi connectivity index (χ1v) is 6.36. The van der Waals surface area contributed by atoms with E-state index in [-0.39, 0.29) is 11.8 Å². The Balaban J connectivity index is 1.67. The van der Waals surface area contributed by atoms with Gasteiger partial charge in [-0.05, 0) is 17.5 Å². The second-order valence-corrected chi connectivity index (χ2v) is 4.95. The minimum atomic E-state index is 0.0498. The quantitative estimate of drug-likeness (QED) is 0.604. The summed E-state index contributed by atoms with van der Waals surface area (Å²) in [6.07, 6.45) is 2.25. The van der Waals surface area contributed by atoms with Crippen LogP contribution >= 0.6 is 0 Å². The fourth-order valence-corrected chi connectivity index (χ4v) is 2.78. The third-order valence-electron chi connectivity index (χ3n) is 3.95. The molecule has 0 bridgehead atoms. The van der Waals surface area contributed by atoms with E-state index >= 15 is 0 Å². The van der Waals surface area contributed by atoms with E-state index in [1.165, 1.54) is 11.1 Å². The lowest BCUT2D eigenvalue weighted by Crippen LogP contribution is -2.43. The number of oxime groups is 1. The molecule has 3 rings (SSSR count). The minimum Gasteiger partial charge on any atom is -0.411 e. The average Bonchev–Trinajstić information content (AvgIpc) is 2.40. The van der Waals surface area contributed by atoms with Gasteiger partial charge >= 0.3 is 0 Å². The van der Waals surface area contributed by atoms with Gasteiger partial charge < -0.3 is 10.1 Å². The first kappa shape index (κ1) is 11.3. The summed E-state index contributed by atoms with van der Waals surface area (Å²) in [4.78, 5) is 14.3. The number of carbonyl (C=O) groups is 1. The molecule has 94 valence electrons. The normalized spacial score (nSPS) is 22.1. The van der Waals surface area contributed by atoms with Gasteiger partial charge in [0.15, 0.2) is 0 Å². The predicted molar refractivity (Wildman–Crippen MR) is 67.9 cm³/mol. The molecular formula is C14H16N2O2. The van der Waals surface area contributed by atoms with Gasteiger partial charge in [-0.2, -0.15) is 0 Å². The molecule has 1 heterocycles. The number of piperidine rings is 1. The summed E-state index contributed by atoms with van der Waals surface area (Å²) < 4.78 is 0. The van der Waals surface area contributed by atoms with Crippen LogP contribution in [-0.2, 0) is 11.2 Å².